The number of nitrogens with one attached hydrogen (secondary N) is 1. The van der Waals surface area contributed by atoms with Crippen LogP contribution in [0.5, 0.6) is 0 Å². The molecule has 0 aliphatic heterocycles. The lowest BCUT2D eigenvalue weighted by molar-refractivity contribution is 0.408. The highest BCUT2D eigenvalue weighted by molar-refractivity contribution is 6.18. The Labute approximate surface area is 116 Å². The number of hydrogen-bond acceptors (Lipinski definition) is 1. The van der Waals surface area contributed by atoms with Crippen LogP contribution < -0.4 is 5.32 Å². The summed E-state index contributed by atoms with van der Waals surface area (Å²) in [5.41, 5.74) is 1.38. The molecule has 0 bridgehead atoms. The predicted octanol–water partition coefficient (Wildman–Crippen LogP) is 4.15. The molecule has 100 valence electrons. The van der Waals surface area contributed by atoms with Crippen LogP contribution in [0.4, 0.5) is 0 Å². The lowest BCUT2D eigenvalue weighted by Gasteiger charge is -2.23. The van der Waals surface area contributed by atoms with E-state index in [1.165, 1.54) is 44.1 Å². The Morgan fingerprint density at radius 3 is 2.33 bits per heavy atom. The first kappa shape index (κ1) is 13.9. The number of rotatable bonds is 5. The fraction of sp³-hybridized carbons (Fsp3) is 0.625. The van der Waals surface area contributed by atoms with Crippen molar-refractivity contribution < 1.29 is 0 Å². The van der Waals surface area contributed by atoms with Gasteiger partial charge in [0, 0.05) is 18.0 Å². The SMILES string of the molecule is ClCC(Cc1ccccc1)NC1CCCCCC1. The standard InChI is InChI=1S/C16H24ClN/c17-13-16(12-14-8-4-3-5-9-14)18-15-10-6-1-2-7-11-15/h3-5,8-9,15-16,18H,1-2,6-7,10-13H2. The molecule has 1 saturated carbocycles. The summed E-state index contributed by atoms with van der Waals surface area (Å²) in [5, 5.41) is 3.76. The molecule has 1 aromatic rings. The van der Waals surface area contributed by atoms with Crippen molar-refractivity contribution in [2.75, 3.05) is 5.88 Å². The number of halogens is 1. The predicted molar refractivity (Wildman–Crippen MR) is 79.3 cm³/mol. The molecule has 0 spiro atoms. The van der Waals surface area contributed by atoms with Crippen molar-refractivity contribution in [1.29, 1.82) is 0 Å². The zero-order valence-corrected chi connectivity index (χ0v) is 11.8. The van der Waals surface area contributed by atoms with Crippen LogP contribution in [0.1, 0.15) is 44.1 Å². The van der Waals surface area contributed by atoms with E-state index in [4.69, 9.17) is 11.6 Å². The Morgan fingerprint density at radius 2 is 1.72 bits per heavy atom. The maximum Gasteiger partial charge on any atom is 0.0380 e. The first-order chi connectivity index (χ1) is 8.88. The van der Waals surface area contributed by atoms with Gasteiger partial charge in [0.25, 0.3) is 0 Å². The van der Waals surface area contributed by atoms with Crippen molar-refractivity contribution in [3.05, 3.63) is 35.9 Å². The smallest absolute Gasteiger partial charge is 0.0380 e. The lowest BCUT2D eigenvalue weighted by Crippen LogP contribution is -2.40. The molecule has 2 heteroatoms. The summed E-state index contributed by atoms with van der Waals surface area (Å²) in [6.07, 6.45) is 9.24. The Hall–Kier alpha value is -0.530. The van der Waals surface area contributed by atoms with E-state index in [1.807, 2.05) is 0 Å². The molecule has 1 fully saturated rings. The normalized spacial score (nSPS) is 19.4. The first-order valence-corrected chi connectivity index (χ1v) is 7.78. The maximum atomic E-state index is 6.11. The van der Waals surface area contributed by atoms with Crippen LogP contribution in [-0.2, 0) is 6.42 Å². The highest BCUT2D eigenvalue weighted by Gasteiger charge is 2.16. The summed E-state index contributed by atoms with van der Waals surface area (Å²) in [6, 6.07) is 11.7. The van der Waals surface area contributed by atoms with Crippen LogP contribution in [0, 0.1) is 0 Å². The third-order valence-corrected chi connectivity index (χ3v) is 4.21. The van der Waals surface area contributed by atoms with Crippen LogP contribution in [0.2, 0.25) is 0 Å². The fourth-order valence-corrected chi connectivity index (χ4v) is 3.03. The van der Waals surface area contributed by atoms with Crippen molar-refractivity contribution in [3.63, 3.8) is 0 Å². The molecule has 0 aromatic heterocycles. The van der Waals surface area contributed by atoms with Crippen molar-refractivity contribution in [2.24, 2.45) is 0 Å². The summed E-state index contributed by atoms with van der Waals surface area (Å²) < 4.78 is 0. The van der Waals surface area contributed by atoms with E-state index in [-0.39, 0.29) is 0 Å². The third-order valence-electron chi connectivity index (χ3n) is 3.84. The van der Waals surface area contributed by atoms with Crippen molar-refractivity contribution in [1.82, 2.24) is 5.32 Å². The van der Waals surface area contributed by atoms with E-state index in [0.717, 1.165) is 6.42 Å². The average Bonchev–Trinajstić information content (AvgIpc) is 2.68. The third kappa shape index (κ3) is 4.62. The van der Waals surface area contributed by atoms with Gasteiger partial charge in [-0.3, -0.25) is 0 Å². The molecule has 1 nitrogen and oxygen atoms in total. The van der Waals surface area contributed by atoms with Crippen LogP contribution in [0.25, 0.3) is 0 Å². The second kappa shape index (κ2) is 7.81. The summed E-state index contributed by atoms with van der Waals surface area (Å²) in [7, 11) is 0. The topological polar surface area (TPSA) is 12.0 Å². The molecule has 0 radical (unpaired) electrons. The number of hydrogen-bond donors (Lipinski definition) is 1. The van der Waals surface area contributed by atoms with E-state index in [9.17, 15) is 0 Å². The van der Waals surface area contributed by atoms with Gasteiger partial charge in [-0.15, -0.1) is 11.6 Å². The van der Waals surface area contributed by atoms with Crippen LogP contribution in [-0.4, -0.2) is 18.0 Å². The van der Waals surface area contributed by atoms with Gasteiger partial charge in [-0.1, -0.05) is 56.0 Å². The lowest BCUT2D eigenvalue weighted by atomic mass is 10.0. The summed E-state index contributed by atoms with van der Waals surface area (Å²) in [5.74, 6) is 0.700. The van der Waals surface area contributed by atoms with Gasteiger partial charge in [0.1, 0.15) is 0 Å². The van der Waals surface area contributed by atoms with Crippen molar-refractivity contribution in [2.45, 2.75) is 57.0 Å². The summed E-state index contributed by atoms with van der Waals surface area (Å²) >= 11 is 6.11. The van der Waals surface area contributed by atoms with Crippen LogP contribution in [0.3, 0.4) is 0 Å². The largest absolute Gasteiger partial charge is 0.310 e. The van der Waals surface area contributed by atoms with Crippen LogP contribution in [0.15, 0.2) is 30.3 Å². The first-order valence-electron chi connectivity index (χ1n) is 7.24. The summed E-state index contributed by atoms with van der Waals surface area (Å²) in [6.45, 7) is 0. The van der Waals surface area contributed by atoms with E-state index < -0.39 is 0 Å². The zero-order valence-electron chi connectivity index (χ0n) is 11.1. The molecule has 18 heavy (non-hydrogen) atoms. The summed E-state index contributed by atoms with van der Waals surface area (Å²) in [4.78, 5) is 0. The highest BCUT2D eigenvalue weighted by Crippen LogP contribution is 2.18. The minimum atomic E-state index is 0.414. The Morgan fingerprint density at radius 1 is 1.06 bits per heavy atom. The molecule has 0 amide bonds. The second-order valence-electron chi connectivity index (χ2n) is 5.40. The zero-order chi connectivity index (χ0) is 12.6. The molecule has 1 aromatic carbocycles. The molecular formula is C16H24ClN. The molecular weight excluding hydrogens is 242 g/mol. The van der Waals surface area contributed by atoms with Gasteiger partial charge in [-0.05, 0) is 24.8 Å². The molecule has 1 N–H and O–H groups in total. The monoisotopic (exact) mass is 265 g/mol. The number of alkyl halides is 1. The van der Waals surface area contributed by atoms with Gasteiger partial charge < -0.3 is 5.32 Å². The van der Waals surface area contributed by atoms with Gasteiger partial charge in [0.2, 0.25) is 0 Å². The van der Waals surface area contributed by atoms with Gasteiger partial charge in [0.15, 0.2) is 0 Å². The minimum Gasteiger partial charge on any atom is -0.310 e. The quantitative estimate of drug-likeness (QED) is 0.623. The molecule has 1 aliphatic carbocycles. The Balaban J connectivity index is 1.84. The van der Waals surface area contributed by atoms with E-state index in [0.29, 0.717) is 18.0 Å². The molecule has 1 aliphatic rings. The second-order valence-corrected chi connectivity index (χ2v) is 5.70. The van der Waals surface area contributed by atoms with Crippen molar-refractivity contribution >= 4 is 11.6 Å². The van der Waals surface area contributed by atoms with E-state index in [1.54, 1.807) is 0 Å². The average molecular weight is 266 g/mol. The van der Waals surface area contributed by atoms with Gasteiger partial charge >= 0.3 is 0 Å². The van der Waals surface area contributed by atoms with E-state index in [2.05, 4.69) is 35.6 Å². The minimum absolute atomic E-state index is 0.414. The van der Waals surface area contributed by atoms with Crippen LogP contribution >= 0.6 is 11.6 Å². The number of benzene rings is 1. The highest BCUT2D eigenvalue weighted by atomic mass is 35.5. The van der Waals surface area contributed by atoms with Gasteiger partial charge in [-0.25, -0.2) is 0 Å². The molecule has 0 heterocycles. The molecule has 1 unspecified atom stereocenters. The van der Waals surface area contributed by atoms with E-state index >= 15 is 0 Å². The van der Waals surface area contributed by atoms with Crippen molar-refractivity contribution in [3.8, 4) is 0 Å². The van der Waals surface area contributed by atoms with Gasteiger partial charge in [0.05, 0.1) is 0 Å². The molecule has 1 atom stereocenters. The maximum absolute atomic E-state index is 6.11. The Bertz CT molecular complexity index is 317. The van der Waals surface area contributed by atoms with Gasteiger partial charge in [-0.2, -0.15) is 0 Å². The molecule has 0 saturated heterocycles. The molecule has 2 rings (SSSR count). The fourth-order valence-electron chi connectivity index (χ4n) is 2.84. The Kier molecular flexibility index (Phi) is 6.02.